The molecule has 0 amide bonds. The first-order valence-electron chi connectivity index (χ1n) is 6.98. The van der Waals surface area contributed by atoms with Gasteiger partial charge in [-0.25, -0.2) is 4.39 Å². The molecule has 0 heterocycles. The van der Waals surface area contributed by atoms with Crippen LogP contribution in [0.3, 0.4) is 0 Å². The van der Waals surface area contributed by atoms with Gasteiger partial charge in [-0.1, -0.05) is 23.7 Å². The van der Waals surface area contributed by atoms with Crippen molar-refractivity contribution < 1.29 is 4.39 Å². The van der Waals surface area contributed by atoms with Crippen LogP contribution in [0.5, 0.6) is 0 Å². The summed E-state index contributed by atoms with van der Waals surface area (Å²) in [4.78, 5) is 2.39. The van der Waals surface area contributed by atoms with Crippen LogP contribution in [-0.2, 0) is 0 Å². The molecule has 4 rings (SSSR count). The van der Waals surface area contributed by atoms with Gasteiger partial charge < -0.3 is 5.73 Å². The number of benzene rings is 1. The Hall–Kier alpha value is -0.640. The van der Waals surface area contributed by atoms with Crippen LogP contribution in [-0.4, -0.2) is 23.5 Å². The van der Waals surface area contributed by atoms with Crippen molar-refractivity contribution >= 4 is 11.6 Å². The Morgan fingerprint density at radius 3 is 2.68 bits per heavy atom. The molecule has 0 aliphatic heterocycles. The largest absolute Gasteiger partial charge is 0.329 e. The predicted octanol–water partition coefficient (Wildman–Crippen LogP) is 3.35. The van der Waals surface area contributed by atoms with Crippen molar-refractivity contribution in [2.45, 2.75) is 37.8 Å². The second-order valence-corrected chi connectivity index (χ2v) is 6.41. The van der Waals surface area contributed by atoms with Gasteiger partial charge in [0.2, 0.25) is 0 Å². The summed E-state index contributed by atoms with van der Waals surface area (Å²) in [5.41, 5.74) is 6.72. The Morgan fingerprint density at radius 1 is 1.47 bits per heavy atom. The molecule has 2 nitrogen and oxygen atoms in total. The van der Waals surface area contributed by atoms with Crippen LogP contribution in [0.2, 0.25) is 5.02 Å². The number of nitrogens with zero attached hydrogens (tertiary/aromatic N) is 1. The van der Waals surface area contributed by atoms with Gasteiger partial charge in [-0.3, -0.25) is 4.90 Å². The molecule has 1 unspecified atom stereocenters. The van der Waals surface area contributed by atoms with Crippen LogP contribution in [0.15, 0.2) is 18.2 Å². The van der Waals surface area contributed by atoms with E-state index in [4.69, 9.17) is 17.3 Å². The van der Waals surface area contributed by atoms with Crippen molar-refractivity contribution in [1.29, 1.82) is 0 Å². The van der Waals surface area contributed by atoms with Crippen LogP contribution in [0.4, 0.5) is 4.39 Å². The highest BCUT2D eigenvalue weighted by molar-refractivity contribution is 6.30. The molecule has 0 radical (unpaired) electrons. The molecule has 0 saturated heterocycles. The highest BCUT2D eigenvalue weighted by atomic mass is 35.5. The second kappa shape index (κ2) is 4.72. The van der Waals surface area contributed by atoms with E-state index in [9.17, 15) is 4.39 Å². The minimum atomic E-state index is -0.287. The molecular weight excluding hydrogens is 263 g/mol. The van der Waals surface area contributed by atoms with E-state index in [0.29, 0.717) is 12.1 Å². The molecule has 1 aromatic carbocycles. The quantitative estimate of drug-likeness (QED) is 0.897. The molecule has 3 aliphatic rings. The van der Waals surface area contributed by atoms with Crippen molar-refractivity contribution in [2.24, 2.45) is 11.7 Å². The normalized spacial score (nSPS) is 29.8. The molecule has 3 saturated carbocycles. The molecule has 0 aromatic heterocycles. The SMILES string of the molecule is CC(c1cccc(Cl)c1F)N(CCN)C12CC(C1)C2. The maximum Gasteiger partial charge on any atom is 0.146 e. The van der Waals surface area contributed by atoms with E-state index in [1.807, 2.05) is 12.1 Å². The van der Waals surface area contributed by atoms with E-state index in [2.05, 4.69) is 11.8 Å². The van der Waals surface area contributed by atoms with Gasteiger partial charge in [0, 0.05) is 30.2 Å². The van der Waals surface area contributed by atoms with Gasteiger partial charge in [0.05, 0.1) is 5.02 Å². The van der Waals surface area contributed by atoms with Crippen molar-refractivity contribution in [3.63, 3.8) is 0 Å². The highest BCUT2D eigenvalue weighted by Crippen LogP contribution is 2.62. The van der Waals surface area contributed by atoms with Gasteiger partial charge in [-0.15, -0.1) is 0 Å². The van der Waals surface area contributed by atoms with Gasteiger partial charge >= 0.3 is 0 Å². The number of hydrogen-bond donors (Lipinski definition) is 1. The third-order valence-electron chi connectivity index (χ3n) is 4.88. The Bertz CT molecular complexity index is 474. The minimum Gasteiger partial charge on any atom is -0.329 e. The number of nitrogens with two attached hydrogens (primary N) is 1. The molecule has 4 heteroatoms. The van der Waals surface area contributed by atoms with Crippen molar-refractivity contribution in [3.05, 3.63) is 34.6 Å². The summed E-state index contributed by atoms with van der Waals surface area (Å²) in [6.45, 7) is 3.49. The van der Waals surface area contributed by atoms with Gasteiger partial charge in [0.15, 0.2) is 0 Å². The first-order valence-corrected chi connectivity index (χ1v) is 7.36. The highest BCUT2D eigenvalue weighted by Gasteiger charge is 2.60. The average molecular weight is 283 g/mol. The standard InChI is InChI=1S/C15H20ClFN2/c1-10(12-3-2-4-13(16)14(12)17)19(6-5-18)15-7-11(8-15)9-15/h2-4,10-11H,5-9,18H2,1H3. The molecule has 104 valence electrons. The maximum absolute atomic E-state index is 14.2. The molecule has 2 N–H and O–H groups in total. The number of halogens is 2. The monoisotopic (exact) mass is 282 g/mol. The molecule has 2 bridgehead atoms. The van der Waals surface area contributed by atoms with Crippen LogP contribution >= 0.6 is 11.6 Å². The first-order chi connectivity index (χ1) is 9.07. The van der Waals surface area contributed by atoms with Gasteiger partial charge in [-0.05, 0) is 38.2 Å². The van der Waals surface area contributed by atoms with E-state index in [1.165, 1.54) is 19.3 Å². The van der Waals surface area contributed by atoms with Crippen LogP contribution in [0, 0.1) is 11.7 Å². The predicted molar refractivity (Wildman–Crippen MR) is 75.7 cm³/mol. The van der Waals surface area contributed by atoms with E-state index in [0.717, 1.165) is 12.5 Å². The van der Waals surface area contributed by atoms with Gasteiger partial charge in [-0.2, -0.15) is 0 Å². The van der Waals surface area contributed by atoms with Crippen molar-refractivity contribution in [2.75, 3.05) is 13.1 Å². The summed E-state index contributed by atoms with van der Waals surface area (Å²) in [6.07, 6.45) is 3.75. The van der Waals surface area contributed by atoms with E-state index >= 15 is 0 Å². The average Bonchev–Trinajstić information content (AvgIpc) is 2.27. The fourth-order valence-electron chi connectivity index (χ4n) is 3.78. The van der Waals surface area contributed by atoms with Gasteiger partial charge in [0.1, 0.15) is 5.82 Å². The lowest BCUT2D eigenvalue weighted by Gasteiger charge is -2.68. The van der Waals surface area contributed by atoms with Crippen LogP contribution < -0.4 is 5.73 Å². The fourth-order valence-corrected chi connectivity index (χ4v) is 3.96. The summed E-state index contributed by atoms with van der Waals surface area (Å²) in [6, 6.07) is 5.28. The Labute approximate surface area is 118 Å². The lowest BCUT2D eigenvalue weighted by molar-refractivity contribution is -0.158. The molecule has 1 aromatic rings. The number of rotatable bonds is 5. The Kier molecular flexibility index (Phi) is 3.32. The third kappa shape index (κ3) is 1.99. The molecule has 3 aliphatic carbocycles. The summed E-state index contributed by atoms with van der Waals surface area (Å²) < 4.78 is 14.2. The molecule has 19 heavy (non-hydrogen) atoms. The first kappa shape index (κ1) is 13.3. The molecule has 0 spiro atoms. The number of hydrogen-bond acceptors (Lipinski definition) is 2. The van der Waals surface area contributed by atoms with Crippen LogP contribution in [0.25, 0.3) is 0 Å². The Morgan fingerprint density at radius 2 is 2.16 bits per heavy atom. The zero-order valence-electron chi connectivity index (χ0n) is 11.2. The van der Waals surface area contributed by atoms with Crippen LogP contribution in [0.1, 0.15) is 37.8 Å². The zero-order valence-corrected chi connectivity index (χ0v) is 12.0. The van der Waals surface area contributed by atoms with Crippen molar-refractivity contribution in [3.8, 4) is 0 Å². The minimum absolute atomic E-state index is 0.0310. The molecule has 3 fully saturated rings. The molecular formula is C15H20ClFN2. The smallest absolute Gasteiger partial charge is 0.146 e. The third-order valence-corrected chi connectivity index (χ3v) is 5.18. The second-order valence-electron chi connectivity index (χ2n) is 6.00. The summed E-state index contributed by atoms with van der Waals surface area (Å²) >= 11 is 5.89. The Balaban J connectivity index is 1.87. The van der Waals surface area contributed by atoms with E-state index in [-0.39, 0.29) is 22.4 Å². The zero-order chi connectivity index (χ0) is 13.6. The topological polar surface area (TPSA) is 29.3 Å². The summed E-state index contributed by atoms with van der Waals surface area (Å²) in [5, 5.41) is 0.203. The lowest BCUT2D eigenvalue weighted by Crippen LogP contribution is -2.69. The van der Waals surface area contributed by atoms with Gasteiger partial charge in [0.25, 0.3) is 0 Å². The van der Waals surface area contributed by atoms with E-state index in [1.54, 1.807) is 6.07 Å². The maximum atomic E-state index is 14.2. The lowest BCUT2D eigenvalue weighted by atomic mass is 9.48. The van der Waals surface area contributed by atoms with E-state index < -0.39 is 0 Å². The fraction of sp³-hybridized carbons (Fsp3) is 0.600. The molecule has 1 atom stereocenters. The summed E-state index contributed by atoms with van der Waals surface area (Å²) in [7, 11) is 0. The summed E-state index contributed by atoms with van der Waals surface area (Å²) in [5.74, 6) is 0.613. The van der Waals surface area contributed by atoms with Crippen molar-refractivity contribution in [1.82, 2.24) is 4.90 Å².